The van der Waals surface area contributed by atoms with Gasteiger partial charge in [-0.1, -0.05) is 0 Å². The third kappa shape index (κ3) is 3.28. The molecule has 1 aliphatic carbocycles. The van der Waals surface area contributed by atoms with Gasteiger partial charge in [0.05, 0.1) is 0 Å². The minimum absolute atomic E-state index is 0.142. The van der Waals surface area contributed by atoms with E-state index >= 15 is 0 Å². The Hall–Kier alpha value is -2.76. The molecule has 1 amide bonds. The van der Waals surface area contributed by atoms with Crippen molar-refractivity contribution in [3.05, 3.63) is 54.1 Å². The summed E-state index contributed by atoms with van der Waals surface area (Å²) in [4.78, 5) is 24.2. The standard InChI is InChI=1S/C22H25N5O/c1-15(27-10-2-9-24-27)22(28)26-11-7-17(8-12-26)20-6-5-18-13-19(16-3-4-16)14-23-21(18)25-20/h2,5-6,9-10,13-17H,3-4,7-8,11-12H2,1H3. The van der Waals surface area contributed by atoms with E-state index in [9.17, 15) is 4.79 Å². The third-order valence-corrected chi connectivity index (χ3v) is 6.14. The zero-order chi connectivity index (χ0) is 19.1. The van der Waals surface area contributed by atoms with E-state index in [0.29, 0.717) is 11.8 Å². The lowest BCUT2D eigenvalue weighted by Gasteiger charge is -2.33. The molecule has 1 saturated carbocycles. The number of pyridine rings is 2. The Morgan fingerprint density at radius 2 is 1.96 bits per heavy atom. The van der Waals surface area contributed by atoms with E-state index in [1.807, 2.05) is 30.3 Å². The number of hydrogen-bond donors (Lipinski definition) is 0. The summed E-state index contributed by atoms with van der Waals surface area (Å²) in [5, 5.41) is 5.33. The predicted octanol–water partition coefficient (Wildman–Crippen LogP) is 3.67. The largest absolute Gasteiger partial charge is 0.341 e. The molecular weight excluding hydrogens is 350 g/mol. The average Bonchev–Trinajstić information content (AvgIpc) is 3.46. The van der Waals surface area contributed by atoms with Crippen LogP contribution in [0.2, 0.25) is 0 Å². The maximum atomic E-state index is 12.7. The van der Waals surface area contributed by atoms with E-state index in [-0.39, 0.29) is 11.9 Å². The SMILES string of the molecule is CC(C(=O)N1CCC(c2ccc3cc(C4CC4)cnc3n2)CC1)n1cccn1. The Bertz CT molecular complexity index is 987. The van der Waals surface area contributed by atoms with Crippen LogP contribution in [0, 0.1) is 0 Å². The molecule has 0 radical (unpaired) electrons. The molecule has 0 spiro atoms. The molecule has 2 aliphatic rings. The molecule has 1 aliphatic heterocycles. The summed E-state index contributed by atoms with van der Waals surface area (Å²) in [6.45, 7) is 3.44. The molecule has 5 rings (SSSR count). The van der Waals surface area contributed by atoms with Crippen molar-refractivity contribution in [3.63, 3.8) is 0 Å². The molecule has 1 unspecified atom stereocenters. The van der Waals surface area contributed by atoms with Gasteiger partial charge in [0, 0.05) is 48.7 Å². The first-order chi connectivity index (χ1) is 13.7. The Morgan fingerprint density at radius 3 is 2.68 bits per heavy atom. The molecule has 4 heterocycles. The van der Waals surface area contributed by atoms with E-state index in [2.05, 4.69) is 28.3 Å². The van der Waals surface area contributed by atoms with Gasteiger partial charge in [-0.25, -0.2) is 9.97 Å². The van der Waals surface area contributed by atoms with Gasteiger partial charge >= 0.3 is 0 Å². The predicted molar refractivity (Wildman–Crippen MR) is 107 cm³/mol. The number of aromatic nitrogens is 4. The third-order valence-electron chi connectivity index (χ3n) is 6.14. The van der Waals surface area contributed by atoms with Gasteiger partial charge in [-0.05, 0) is 68.4 Å². The second kappa shape index (κ2) is 7.00. The number of carbonyl (C=O) groups excluding carboxylic acids is 1. The number of likely N-dealkylation sites (tertiary alicyclic amines) is 1. The second-order valence-corrected chi connectivity index (χ2v) is 8.09. The Balaban J connectivity index is 1.26. The van der Waals surface area contributed by atoms with Crippen LogP contribution in [0.15, 0.2) is 42.9 Å². The van der Waals surface area contributed by atoms with Crippen molar-refractivity contribution < 1.29 is 4.79 Å². The molecule has 0 aromatic carbocycles. The van der Waals surface area contributed by atoms with E-state index < -0.39 is 0 Å². The van der Waals surface area contributed by atoms with Gasteiger partial charge < -0.3 is 4.90 Å². The van der Waals surface area contributed by atoms with Crippen LogP contribution in [-0.2, 0) is 4.79 Å². The van der Waals surface area contributed by atoms with E-state index in [4.69, 9.17) is 4.98 Å². The van der Waals surface area contributed by atoms with Crippen LogP contribution in [-0.4, -0.2) is 43.6 Å². The van der Waals surface area contributed by atoms with Gasteiger partial charge in [-0.15, -0.1) is 0 Å². The fourth-order valence-electron chi connectivity index (χ4n) is 4.19. The lowest BCUT2D eigenvalue weighted by atomic mass is 9.92. The Morgan fingerprint density at radius 1 is 1.14 bits per heavy atom. The lowest BCUT2D eigenvalue weighted by Crippen LogP contribution is -2.41. The molecule has 0 bridgehead atoms. The maximum Gasteiger partial charge on any atom is 0.247 e. The van der Waals surface area contributed by atoms with E-state index in [1.54, 1.807) is 10.9 Å². The monoisotopic (exact) mass is 375 g/mol. The number of piperidine rings is 1. The van der Waals surface area contributed by atoms with Gasteiger partial charge in [-0.2, -0.15) is 5.10 Å². The van der Waals surface area contributed by atoms with E-state index in [1.165, 1.54) is 18.4 Å². The highest BCUT2D eigenvalue weighted by Gasteiger charge is 2.28. The highest BCUT2D eigenvalue weighted by Crippen LogP contribution is 2.40. The van der Waals surface area contributed by atoms with Crippen molar-refractivity contribution in [1.29, 1.82) is 0 Å². The van der Waals surface area contributed by atoms with Crippen molar-refractivity contribution >= 4 is 16.9 Å². The van der Waals surface area contributed by atoms with Crippen LogP contribution in [0.25, 0.3) is 11.0 Å². The molecule has 6 heteroatoms. The fraction of sp³-hybridized carbons (Fsp3) is 0.455. The van der Waals surface area contributed by atoms with Crippen molar-refractivity contribution in [2.75, 3.05) is 13.1 Å². The zero-order valence-corrected chi connectivity index (χ0v) is 16.2. The summed E-state index contributed by atoms with van der Waals surface area (Å²) in [5.41, 5.74) is 3.29. The van der Waals surface area contributed by atoms with Crippen LogP contribution < -0.4 is 0 Å². The van der Waals surface area contributed by atoms with Crippen LogP contribution in [0.5, 0.6) is 0 Å². The molecule has 1 saturated heterocycles. The van der Waals surface area contributed by atoms with E-state index in [0.717, 1.165) is 42.7 Å². The summed E-state index contributed by atoms with van der Waals surface area (Å²) in [5.74, 6) is 1.24. The minimum Gasteiger partial charge on any atom is -0.341 e. The average molecular weight is 375 g/mol. The van der Waals surface area contributed by atoms with Crippen LogP contribution in [0.4, 0.5) is 0 Å². The summed E-state index contributed by atoms with van der Waals surface area (Å²) in [6, 6.07) is 8.15. The molecular formula is C22H25N5O. The highest BCUT2D eigenvalue weighted by atomic mass is 16.2. The highest BCUT2D eigenvalue weighted by molar-refractivity contribution is 5.80. The molecule has 3 aromatic rings. The molecule has 144 valence electrons. The van der Waals surface area contributed by atoms with Crippen LogP contribution in [0.1, 0.15) is 61.7 Å². The van der Waals surface area contributed by atoms with Crippen molar-refractivity contribution in [2.24, 2.45) is 0 Å². The Labute approximate surface area is 164 Å². The first-order valence-corrected chi connectivity index (χ1v) is 10.2. The summed E-state index contributed by atoms with van der Waals surface area (Å²) in [7, 11) is 0. The van der Waals surface area contributed by atoms with Crippen molar-refractivity contribution in [3.8, 4) is 0 Å². The number of hydrogen-bond acceptors (Lipinski definition) is 4. The first kappa shape index (κ1) is 17.3. The molecule has 28 heavy (non-hydrogen) atoms. The van der Waals surface area contributed by atoms with Gasteiger partial charge in [-0.3, -0.25) is 9.48 Å². The number of rotatable bonds is 4. The number of fused-ring (bicyclic) bond motifs is 1. The number of carbonyl (C=O) groups is 1. The number of nitrogens with zero attached hydrogens (tertiary/aromatic N) is 5. The first-order valence-electron chi connectivity index (χ1n) is 10.2. The Kier molecular flexibility index (Phi) is 4.34. The summed E-state index contributed by atoms with van der Waals surface area (Å²) >= 11 is 0. The van der Waals surface area contributed by atoms with Crippen molar-refractivity contribution in [1.82, 2.24) is 24.6 Å². The molecule has 2 fully saturated rings. The minimum atomic E-state index is -0.254. The van der Waals surface area contributed by atoms with Gasteiger partial charge in [0.25, 0.3) is 0 Å². The van der Waals surface area contributed by atoms with Crippen LogP contribution in [0.3, 0.4) is 0 Å². The number of amides is 1. The van der Waals surface area contributed by atoms with Crippen LogP contribution >= 0.6 is 0 Å². The smallest absolute Gasteiger partial charge is 0.247 e. The van der Waals surface area contributed by atoms with Gasteiger partial charge in [0.1, 0.15) is 6.04 Å². The lowest BCUT2D eigenvalue weighted by molar-refractivity contribution is -0.135. The zero-order valence-electron chi connectivity index (χ0n) is 16.2. The van der Waals surface area contributed by atoms with Gasteiger partial charge in [0.15, 0.2) is 5.65 Å². The molecule has 0 N–H and O–H groups in total. The maximum absolute atomic E-state index is 12.7. The molecule has 3 aromatic heterocycles. The van der Waals surface area contributed by atoms with Gasteiger partial charge in [0.2, 0.25) is 5.91 Å². The summed E-state index contributed by atoms with van der Waals surface area (Å²) in [6.07, 6.45) is 10.0. The summed E-state index contributed by atoms with van der Waals surface area (Å²) < 4.78 is 1.72. The van der Waals surface area contributed by atoms with Crippen molar-refractivity contribution in [2.45, 2.75) is 50.5 Å². The molecule has 1 atom stereocenters. The molecule has 6 nitrogen and oxygen atoms in total. The normalized spacial score (nSPS) is 19.1. The second-order valence-electron chi connectivity index (χ2n) is 8.09. The fourth-order valence-corrected chi connectivity index (χ4v) is 4.19. The quantitative estimate of drug-likeness (QED) is 0.698. The topological polar surface area (TPSA) is 63.9 Å².